The number of carbonyl (C=O) groups excluding carboxylic acids is 5. The van der Waals surface area contributed by atoms with Gasteiger partial charge in [0, 0.05) is 134 Å². The summed E-state index contributed by atoms with van der Waals surface area (Å²) in [6.45, 7) is 29.0. The lowest BCUT2D eigenvalue weighted by Crippen LogP contribution is -2.45. The van der Waals surface area contributed by atoms with E-state index < -0.39 is 0 Å². The Morgan fingerprint density at radius 3 is 0.621 bits per heavy atom. The maximum absolute atomic E-state index is 13.8. The molecule has 0 aliphatic heterocycles. The zero-order valence-corrected chi connectivity index (χ0v) is 64.9. The van der Waals surface area contributed by atoms with Crippen LogP contribution in [0.3, 0.4) is 0 Å². The molecule has 5 atom stereocenters. The Bertz CT molecular complexity index is 1680. The van der Waals surface area contributed by atoms with Crippen LogP contribution < -0.4 is 31.9 Å². The molecule has 14 nitrogen and oxygen atoms in total. The standard InChI is InChI=1S/C81H163N9O5/c1-11-16-21-26-31-36-41-46-51-72(6)83-77(91)56-61-82-62-67-89(65-59-80(94)86-75(9)54-49-44-39-34-29-24-19-14-4)69-71-90(66-60-81(95)87-76(10)55-50-45-40-35-30-25-20-15-5)70-68-88(63-57-78(92)84-73(7)52-47-42-37-32-27-22-17-12-2)64-58-79(93)85-74(8)53-48-43-38-33-28-23-18-13-3/h72-76,82H,11-71H2,1-10H3,(H,83,91)(H,84,92)(H,85,93)(H,86,94)(H,87,95). The van der Waals surface area contributed by atoms with Gasteiger partial charge in [0.15, 0.2) is 0 Å². The Morgan fingerprint density at radius 2 is 0.400 bits per heavy atom. The quantitative estimate of drug-likeness (QED) is 0.0325. The van der Waals surface area contributed by atoms with Gasteiger partial charge in [0.25, 0.3) is 0 Å². The average molecular weight is 1340 g/mol. The highest BCUT2D eigenvalue weighted by molar-refractivity contribution is 5.78. The van der Waals surface area contributed by atoms with Gasteiger partial charge >= 0.3 is 0 Å². The Balaban J connectivity index is 6.36. The van der Waals surface area contributed by atoms with Crippen molar-refractivity contribution in [1.29, 1.82) is 0 Å². The predicted octanol–water partition coefficient (Wildman–Crippen LogP) is 18.6. The third-order valence-corrected chi connectivity index (χ3v) is 19.7. The van der Waals surface area contributed by atoms with Crippen LogP contribution in [0.25, 0.3) is 0 Å². The third-order valence-electron chi connectivity index (χ3n) is 19.7. The summed E-state index contributed by atoms with van der Waals surface area (Å²) in [4.78, 5) is 74.9. The Hall–Kier alpha value is -2.81. The number of rotatable bonds is 74. The van der Waals surface area contributed by atoms with Crippen LogP contribution in [0, 0.1) is 0 Å². The van der Waals surface area contributed by atoms with Crippen LogP contribution in [0.1, 0.15) is 390 Å². The van der Waals surface area contributed by atoms with E-state index in [4.69, 9.17) is 0 Å². The van der Waals surface area contributed by atoms with E-state index in [0.29, 0.717) is 104 Å². The lowest BCUT2D eigenvalue weighted by atomic mass is 10.1. The van der Waals surface area contributed by atoms with E-state index in [9.17, 15) is 24.0 Å². The van der Waals surface area contributed by atoms with Gasteiger partial charge < -0.3 is 46.6 Å². The van der Waals surface area contributed by atoms with Crippen molar-refractivity contribution in [3.05, 3.63) is 0 Å². The molecule has 95 heavy (non-hydrogen) atoms. The molecular formula is C81H163N9O5. The smallest absolute Gasteiger partial charge is 0.221 e. The molecule has 0 rings (SSSR count). The number of nitrogens with zero attached hydrogens (tertiary/aromatic N) is 3. The first kappa shape index (κ1) is 92.2. The maximum atomic E-state index is 13.8. The minimum absolute atomic E-state index is 0.0558. The van der Waals surface area contributed by atoms with E-state index in [1.54, 1.807) is 0 Å². The van der Waals surface area contributed by atoms with E-state index in [2.05, 4.69) is 116 Å². The van der Waals surface area contributed by atoms with Crippen molar-refractivity contribution < 1.29 is 24.0 Å². The zero-order valence-electron chi connectivity index (χ0n) is 64.9. The van der Waals surface area contributed by atoms with E-state index in [1.165, 1.54) is 225 Å². The van der Waals surface area contributed by atoms with Gasteiger partial charge in [0.2, 0.25) is 29.5 Å². The molecule has 0 saturated carbocycles. The second-order valence-corrected chi connectivity index (χ2v) is 29.7. The summed E-state index contributed by atoms with van der Waals surface area (Å²) < 4.78 is 0. The summed E-state index contributed by atoms with van der Waals surface area (Å²) in [6.07, 6.45) is 57.6. The molecule has 562 valence electrons. The van der Waals surface area contributed by atoms with E-state index in [1.807, 2.05) is 0 Å². The molecule has 0 aromatic rings. The number of hydrogen-bond donors (Lipinski definition) is 6. The number of carbonyl (C=O) groups is 5. The van der Waals surface area contributed by atoms with Crippen molar-refractivity contribution >= 4 is 29.5 Å². The molecule has 0 aromatic carbocycles. The summed E-state index contributed by atoms with van der Waals surface area (Å²) in [7, 11) is 0. The molecule has 0 aliphatic rings. The first-order valence-corrected chi connectivity index (χ1v) is 41.5. The number of hydrogen-bond acceptors (Lipinski definition) is 9. The number of amides is 5. The predicted molar refractivity (Wildman–Crippen MR) is 409 cm³/mol. The van der Waals surface area contributed by atoms with Crippen molar-refractivity contribution in [2.24, 2.45) is 0 Å². The normalized spacial score (nSPS) is 13.3. The fourth-order valence-electron chi connectivity index (χ4n) is 13.2. The third kappa shape index (κ3) is 65.6. The van der Waals surface area contributed by atoms with Crippen LogP contribution in [-0.4, -0.2) is 146 Å². The number of unbranched alkanes of at least 4 members (excludes halogenated alkanes) is 35. The first-order valence-electron chi connectivity index (χ1n) is 41.5. The number of nitrogens with one attached hydrogen (secondary N) is 6. The maximum Gasteiger partial charge on any atom is 0.221 e. The summed E-state index contributed by atoms with van der Waals surface area (Å²) in [6, 6.07) is 0.638. The van der Waals surface area contributed by atoms with Gasteiger partial charge in [-0.2, -0.15) is 0 Å². The molecule has 0 spiro atoms. The van der Waals surface area contributed by atoms with Gasteiger partial charge in [-0.05, 0) is 66.7 Å². The van der Waals surface area contributed by atoms with Crippen molar-refractivity contribution in [1.82, 2.24) is 46.6 Å². The molecule has 0 bridgehead atoms. The second-order valence-electron chi connectivity index (χ2n) is 29.7. The van der Waals surface area contributed by atoms with Gasteiger partial charge in [-0.15, -0.1) is 0 Å². The highest BCUT2D eigenvalue weighted by Crippen LogP contribution is 2.16. The van der Waals surface area contributed by atoms with Crippen molar-refractivity contribution in [3.63, 3.8) is 0 Å². The Morgan fingerprint density at radius 1 is 0.221 bits per heavy atom. The highest BCUT2D eigenvalue weighted by atomic mass is 16.2. The molecule has 0 heterocycles. The lowest BCUT2D eigenvalue weighted by Gasteiger charge is -2.30. The fourth-order valence-corrected chi connectivity index (χ4v) is 13.2. The van der Waals surface area contributed by atoms with Gasteiger partial charge in [-0.3, -0.25) is 24.0 Å². The minimum atomic E-state index is 0.0558. The summed E-state index contributed by atoms with van der Waals surface area (Å²) in [5.41, 5.74) is 0. The second kappa shape index (κ2) is 69.7. The first-order chi connectivity index (χ1) is 46.1. The molecular weight excluding hydrogens is 1180 g/mol. The van der Waals surface area contributed by atoms with E-state index >= 15 is 0 Å². The zero-order chi connectivity index (χ0) is 69.9. The highest BCUT2D eigenvalue weighted by Gasteiger charge is 2.20. The molecule has 0 fully saturated rings. The molecule has 5 unspecified atom stereocenters. The van der Waals surface area contributed by atoms with Gasteiger partial charge in [0.05, 0.1) is 0 Å². The Labute approximate surface area is 589 Å². The van der Waals surface area contributed by atoms with E-state index in [0.717, 1.165) is 64.2 Å². The van der Waals surface area contributed by atoms with Crippen LogP contribution in [0.5, 0.6) is 0 Å². The van der Waals surface area contributed by atoms with Gasteiger partial charge in [0.1, 0.15) is 0 Å². The van der Waals surface area contributed by atoms with Crippen LogP contribution in [-0.2, 0) is 24.0 Å². The molecule has 6 N–H and O–H groups in total. The SMILES string of the molecule is CCCCCCCCCCC(C)NC(=O)CCNCCN(CCC(=O)NC(C)CCCCCCCCCC)CCN(CCC(=O)NC(C)CCCCCCCCCC)CCN(CCC(=O)NC(C)CCCCCCCCCC)CCC(=O)NC(C)CCCCCCCCCC. The lowest BCUT2D eigenvalue weighted by molar-refractivity contribution is -0.123. The fraction of sp³-hybridized carbons (Fsp3) is 0.938. The van der Waals surface area contributed by atoms with Crippen LogP contribution in [0.15, 0.2) is 0 Å². The molecule has 5 amide bonds. The van der Waals surface area contributed by atoms with Crippen LogP contribution in [0.2, 0.25) is 0 Å². The monoisotopic (exact) mass is 1340 g/mol. The molecule has 14 heteroatoms. The van der Waals surface area contributed by atoms with Crippen molar-refractivity contribution in [2.75, 3.05) is 72.0 Å². The summed E-state index contributed by atoms with van der Waals surface area (Å²) in [5.74, 6) is 0.348. The molecule has 0 saturated heterocycles. The molecule has 0 aliphatic carbocycles. The minimum Gasteiger partial charge on any atom is -0.354 e. The van der Waals surface area contributed by atoms with Crippen LogP contribution in [0.4, 0.5) is 0 Å². The van der Waals surface area contributed by atoms with Crippen molar-refractivity contribution in [3.8, 4) is 0 Å². The van der Waals surface area contributed by atoms with Crippen molar-refractivity contribution in [2.45, 2.75) is 420 Å². The molecule has 0 aromatic heterocycles. The topological polar surface area (TPSA) is 167 Å². The van der Waals surface area contributed by atoms with Crippen LogP contribution >= 0.6 is 0 Å². The summed E-state index contributed by atoms with van der Waals surface area (Å²) >= 11 is 0. The average Bonchev–Trinajstić information content (AvgIpc) is 3.37. The largest absolute Gasteiger partial charge is 0.354 e. The van der Waals surface area contributed by atoms with E-state index in [-0.39, 0.29) is 59.7 Å². The summed E-state index contributed by atoms with van der Waals surface area (Å²) in [5, 5.41) is 20.1. The molecule has 0 radical (unpaired) electrons. The van der Waals surface area contributed by atoms with Gasteiger partial charge in [-0.25, -0.2) is 0 Å². The van der Waals surface area contributed by atoms with Gasteiger partial charge in [-0.1, -0.05) is 291 Å². The Kier molecular flexibility index (Phi) is 67.6.